The highest BCUT2D eigenvalue weighted by molar-refractivity contribution is 5.84. The Bertz CT molecular complexity index is 469. The van der Waals surface area contributed by atoms with Crippen molar-refractivity contribution in [3.05, 3.63) is 23.9 Å². The van der Waals surface area contributed by atoms with Gasteiger partial charge in [0.2, 0.25) is 0 Å². The molecule has 6 heteroatoms. The topological polar surface area (TPSA) is 83.5 Å². The van der Waals surface area contributed by atoms with E-state index < -0.39 is 17.8 Å². The van der Waals surface area contributed by atoms with Gasteiger partial charge in [0, 0.05) is 24.3 Å². The molecule has 0 fully saturated rings. The minimum Gasteiger partial charge on any atom is -0.444 e. The molecule has 0 saturated carbocycles. The number of aliphatic hydroxyl groups excluding tert-OH is 1. The van der Waals surface area contributed by atoms with Gasteiger partial charge in [-0.2, -0.15) is 0 Å². The summed E-state index contributed by atoms with van der Waals surface area (Å²) in [5.74, 6) is 0.456. The molecule has 2 atom stereocenters. The zero-order chi connectivity index (χ0) is 16.0. The summed E-state index contributed by atoms with van der Waals surface area (Å²) in [4.78, 5) is 16.0. The third-order valence-electron chi connectivity index (χ3n) is 2.64. The van der Waals surface area contributed by atoms with E-state index in [1.165, 1.54) is 0 Å². The fourth-order valence-corrected chi connectivity index (χ4v) is 1.73. The minimum atomic E-state index is -0.560. The Kier molecular flexibility index (Phi) is 6.11. The number of aromatic nitrogens is 1. The second kappa shape index (κ2) is 7.38. The molecule has 1 aromatic heterocycles. The van der Waals surface area contributed by atoms with Crippen LogP contribution in [0.4, 0.5) is 10.6 Å². The van der Waals surface area contributed by atoms with Crippen molar-refractivity contribution in [2.45, 2.75) is 52.4 Å². The molecule has 0 aliphatic heterocycles. The number of hydrogen-bond donors (Lipinski definition) is 3. The number of rotatable bonds is 5. The predicted molar refractivity (Wildman–Crippen MR) is 82.2 cm³/mol. The molecule has 1 amide bonds. The molecule has 1 rings (SSSR count). The van der Waals surface area contributed by atoms with Crippen LogP contribution in [0.15, 0.2) is 18.3 Å². The van der Waals surface area contributed by atoms with E-state index in [-0.39, 0.29) is 6.04 Å². The average molecular weight is 295 g/mol. The molecule has 118 valence electrons. The van der Waals surface area contributed by atoms with Crippen LogP contribution >= 0.6 is 0 Å². The molecule has 3 N–H and O–H groups in total. The molecule has 0 saturated heterocycles. The Morgan fingerprint density at radius 1 is 1.43 bits per heavy atom. The number of carbonyl (C=O) groups excluding carboxylic acids is 1. The summed E-state index contributed by atoms with van der Waals surface area (Å²) < 4.78 is 5.22. The molecule has 1 unspecified atom stereocenters. The fourth-order valence-electron chi connectivity index (χ4n) is 1.73. The van der Waals surface area contributed by atoms with E-state index >= 15 is 0 Å². The number of anilines is 1. The van der Waals surface area contributed by atoms with Crippen molar-refractivity contribution in [3.63, 3.8) is 0 Å². The highest BCUT2D eigenvalue weighted by Gasteiger charge is 2.19. The van der Waals surface area contributed by atoms with Gasteiger partial charge < -0.3 is 15.2 Å². The van der Waals surface area contributed by atoms with Gasteiger partial charge in [0.1, 0.15) is 11.4 Å². The highest BCUT2D eigenvalue weighted by atomic mass is 16.6. The maximum absolute atomic E-state index is 11.8. The molecular formula is C15H25N3O3. The number of nitrogens with one attached hydrogen (secondary N) is 2. The van der Waals surface area contributed by atoms with E-state index in [1.807, 2.05) is 13.0 Å². The van der Waals surface area contributed by atoms with Crippen LogP contribution < -0.4 is 10.6 Å². The van der Waals surface area contributed by atoms with E-state index in [0.29, 0.717) is 12.4 Å². The van der Waals surface area contributed by atoms with Crippen LogP contribution in [0.3, 0.4) is 0 Å². The van der Waals surface area contributed by atoms with Crippen molar-refractivity contribution < 1.29 is 14.6 Å². The lowest BCUT2D eigenvalue weighted by Gasteiger charge is -2.21. The van der Waals surface area contributed by atoms with Gasteiger partial charge >= 0.3 is 6.09 Å². The first-order valence-corrected chi connectivity index (χ1v) is 7.05. The molecule has 0 aliphatic carbocycles. The summed E-state index contributed by atoms with van der Waals surface area (Å²) in [5, 5.41) is 15.2. The summed E-state index contributed by atoms with van der Waals surface area (Å²) >= 11 is 0. The van der Waals surface area contributed by atoms with Crippen molar-refractivity contribution in [1.82, 2.24) is 10.3 Å². The predicted octanol–water partition coefficient (Wildman–Crippen LogP) is 2.46. The molecule has 6 nitrogen and oxygen atoms in total. The first kappa shape index (κ1) is 17.4. The lowest BCUT2D eigenvalue weighted by molar-refractivity contribution is 0.0635. The summed E-state index contributed by atoms with van der Waals surface area (Å²) in [6.07, 6.45) is 0.633. The standard InChI is InChI=1S/C15H25N3O3/c1-10(19)9-17-11(2)12-7-6-8-16-13(12)18-14(20)21-15(3,4)5/h6-8,10-11,17,19H,9H2,1-5H3,(H,16,18,20)/t10-,11?/m0/s1. The zero-order valence-electron chi connectivity index (χ0n) is 13.3. The molecule has 0 aliphatic rings. The second-order valence-electron chi connectivity index (χ2n) is 6.05. The number of pyridine rings is 1. The molecule has 1 aromatic rings. The lowest BCUT2D eigenvalue weighted by Crippen LogP contribution is -2.30. The first-order valence-electron chi connectivity index (χ1n) is 7.05. The van der Waals surface area contributed by atoms with Gasteiger partial charge in [-0.3, -0.25) is 5.32 Å². The SMILES string of the molecule is CC(NC[C@H](C)O)c1cccnc1NC(=O)OC(C)(C)C. The van der Waals surface area contributed by atoms with Gasteiger partial charge in [-0.1, -0.05) is 6.07 Å². The Morgan fingerprint density at radius 2 is 2.10 bits per heavy atom. The Labute approximate surface area is 125 Å². The molecule has 1 heterocycles. The molecular weight excluding hydrogens is 270 g/mol. The summed E-state index contributed by atoms with van der Waals surface area (Å²) in [6, 6.07) is 3.62. The van der Waals surface area contributed by atoms with Crippen LogP contribution in [0.25, 0.3) is 0 Å². The Hall–Kier alpha value is -1.66. The lowest BCUT2D eigenvalue weighted by atomic mass is 10.1. The first-order chi connectivity index (χ1) is 9.69. The normalized spacial score (nSPS) is 14.4. The fraction of sp³-hybridized carbons (Fsp3) is 0.600. The maximum atomic E-state index is 11.8. The molecule has 0 bridgehead atoms. The number of nitrogens with zero attached hydrogens (tertiary/aromatic N) is 1. The van der Waals surface area contributed by atoms with Crippen molar-refractivity contribution >= 4 is 11.9 Å². The Balaban J connectivity index is 2.77. The van der Waals surface area contributed by atoms with E-state index in [4.69, 9.17) is 4.74 Å². The van der Waals surface area contributed by atoms with Gasteiger partial charge in [0.15, 0.2) is 0 Å². The van der Waals surface area contributed by atoms with Gasteiger partial charge in [-0.15, -0.1) is 0 Å². The van der Waals surface area contributed by atoms with E-state index in [1.54, 1.807) is 40.0 Å². The summed E-state index contributed by atoms with van der Waals surface area (Å²) in [7, 11) is 0. The van der Waals surface area contributed by atoms with Crippen molar-refractivity contribution in [2.24, 2.45) is 0 Å². The van der Waals surface area contributed by atoms with Gasteiger partial charge in [0.05, 0.1) is 6.10 Å². The average Bonchev–Trinajstić information content (AvgIpc) is 2.34. The van der Waals surface area contributed by atoms with Crippen LogP contribution in [0.2, 0.25) is 0 Å². The van der Waals surface area contributed by atoms with E-state index in [2.05, 4.69) is 15.6 Å². The molecule has 0 radical (unpaired) electrons. The van der Waals surface area contributed by atoms with Crippen LogP contribution in [0.5, 0.6) is 0 Å². The number of aliphatic hydroxyl groups is 1. The van der Waals surface area contributed by atoms with Crippen molar-refractivity contribution in [1.29, 1.82) is 0 Å². The smallest absolute Gasteiger partial charge is 0.413 e. The maximum Gasteiger partial charge on any atom is 0.413 e. The van der Waals surface area contributed by atoms with Crippen molar-refractivity contribution in [2.75, 3.05) is 11.9 Å². The van der Waals surface area contributed by atoms with Crippen LogP contribution in [-0.2, 0) is 4.74 Å². The monoisotopic (exact) mass is 295 g/mol. The Morgan fingerprint density at radius 3 is 2.67 bits per heavy atom. The van der Waals surface area contributed by atoms with E-state index in [0.717, 1.165) is 5.56 Å². The third-order valence-corrected chi connectivity index (χ3v) is 2.64. The molecule has 0 spiro atoms. The number of ether oxygens (including phenoxy) is 1. The molecule has 21 heavy (non-hydrogen) atoms. The zero-order valence-corrected chi connectivity index (χ0v) is 13.3. The summed E-state index contributed by atoms with van der Waals surface area (Å²) in [5.41, 5.74) is 0.277. The quantitative estimate of drug-likeness (QED) is 0.777. The van der Waals surface area contributed by atoms with Gasteiger partial charge in [0.25, 0.3) is 0 Å². The van der Waals surface area contributed by atoms with Crippen LogP contribution in [-0.4, -0.2) is 34.4 Å². The number of hydrogen-bond acceptors (Lipinski definition) is 5. The van der Waals surface area contributed by atoms with Gasteiger partial charge in [-0.05, 0) is 40.7 Å². The van der Waals surface area contributed by atoms with Crippen LogP contribution in [0.1, 0.15) is 46.2 Å². The number of carbonyl (C=O) groups is 1. The largest absolute Gasteiger partial charge is 0.444 e. The van der Waals surface area contributed by atoms with E-state index in [9.17, 15) is 9.90 Å². The molecule has 0 aromatic carbocycles. The minimum absolute atomic E-state index is 0.0572. The third kappa shape index (κ3) is 6.55. The summed E-state index contributed by atoms with van der Waals surface area (Å²) in [6.45, 7) is 9.53. The van der Waals surface area contributed by atoms with Crippen LogP contribution in [0, 0.1) is 0 Å². The second-order valence-corrected chi connectivity index (χ2v) is 6.05. The van der Waals surface area contributed by atoms with Crippen molar-refractivity contribution in [3.8, 4) is 0 Å². The highest BCUT2D eigenvalue weighted by Crippen LogP contribution is 2.21. The number of amides is 1. The van der Waals surface area contributed by atoms with Gasteiger partial charge in [-0.25, -0.2) is 9.78 Å².